The molecule has 0 N–H and O–H groups in total. The summed E-state index contributed by atoms with van der Waals surface area (Å²) in [7, 11) is 0. The standard InChI is InChI=1S/C4H9.C2H5.Hg/c1-4(2)3;1-2;/h4H,1H2,2-3H3;1H2,2H3;. The molecule has 0 saturated heterocycles. The van der Waals surface area contributed by atoms with Crippen LogP contribution in [0.25, 0.3) is 0 Å². The summed E-state index contributed by atoms with van der Waals surface area (Å²) in [5.41, 5.74) is 0. The number of hydrogen-bond donors (Lipinski definition) is 0. The van der Waals surface area contributed by atoms with Crippen LogP contribution in [-0.4, -0.2) is 0 Å². The Hall–Kier alpha value is 0.935. The Bertz CT molecular complexity index is 33.2. The Labute approximate surface area is 59.1 Å². The first-order valence-electron chi connectivity index (χ1n) is 3.27. The third-order valence-electron chi connectivity index (χ3n) is 1.14. The minimum atomic E-state index is -0.242. The van der Waals surface area contributed by atoms with E-state index in [0.29, 0.717) is 0 Å². The van der Waals surface area contributed by atoms with Crippen molar-refractivity contribution in [2.45, 2.75) is 28.6 Å². The predicted molar refractivity (Wildman–Crippen MR) is 30.1 cm³/mol. The van der Waals surface area contributed by atoms with Crippen LogP contribution in [0.15, 0.2) is 0 Å². The van der Waals surface area contributed by atoms with Gasteiger partial charge in [-0.1, -0.05) is 0 Å². The summed E-state index contributed by atoms with van der Waals surface area (Å²) in [5, 5.41) is 0. The molecule has 7 heavy (non-hydrogen) atoms. The molecule has 0 unspecified atom stereocenters. The molecule has 0 aliphatic rings. The van der Waals surface area contributed by atoms with Crippen molar-refractivity contribution >= 4 is 0 Å². The van der Waals surface area contributed by atoms with E-state index in [1.807, 2.05) is 0 Å². The van der Waals surface area contributed by atoms with E-state index in [-0.39, 0.29) is 24.6 Å². The van der Waals surface area contributed by atoms with Crippen LogP contribution in [0.2, 0.25) is 7.86 Å². The molecule has 0 radical (unpaired) electrons. The molecular weight excluding hydrogens is 273 g/mol. The minimum absolute atomic E-state index is 0.242. The predicted octanol–water partition coefficient (Wildman–Crippen LogP) is 2.58. The van der Waals surface area contributed by atoms with Crippen LogP contribution in [0.5, 0.6) is 0 Å². The van der Waals surface area contributed by atoms with Gasteiger partial charge < -0.3 is 0 Å². The monoisotopic (exact) mass is 288 g/mol. The maximum atomic E-state index is 2.34. The maximum absolute atomic E-state index is 2.34. The van der Waals surface area contributed by atoms with Gasteiger partial charge in [-0.2, -0.15) is 0 Å². The second-order valence-electron chi connectivity index (χ2n) is 2.54. The van der Waals surface area contributed by atoms with Crippen molar-refractivity contribution in [1.82, 2.24) is 0 Å². The van der Waals surface area contributed by atoms with Crippen molar-refractivity contribution in [3.8, 4) is 0 Å². The first-order valence-corrected chi connectivity index (χ1v) is 11.0. The molecule has 0 atom stereocenters. The van der Waals surface area contributed by atoms with Gasteiger partial charge in [0.05, 0.1) is 0 Å². The van der Waals surface area contributed by atoms with Gasteiger partial charge in [-0.05, 0) is 0 Å². The molecule has 0 aromatic carbocycles. The van der Waals surface area contributed by atoms with E-state index in [9.17, 15) is 0 Å². The van der Waals surface area contributed by atoms with E-state index in [0.717, 1.165) is 5.92 Å². The zero-order valence-electron chi connectivity index (χ0n) is 5.70. The fourth-order valence-electron chi connectivity index (χ4n) is 0.612. The topological polar surface area (TPSA) is 0 Å². The van der Waals surface area contributed by atoms with Crippen LogP contribution >= 0.6 is 0 Å². The van der Waals surface area contributed by atoms with Gasteiger partial charge in [0.1, 0.15) is 0 Å². The summed E-state index contributed by atoms with van der Waals surface area (Å²) >= 11 is -0.242. The molecule has 0 aromatic heterocycles. The zero-order valence-corrected chi connectivity index (χ0v) is 11.2. The van der Waals surface area contributed by atoms with Gasteiger partial charge in [0.15, 0.2) is 0 Å². The molecule has 0 spiro atoms. The van der Waals surface area contributed by atoms with E-state index in [2.05, 4.69) is 20.8 Å². The first kappa shape index (κ1) is 7.94. The second-order valence-corrected chi connectivity index (χ2v) is 11.4. The van der Waals surface area contributed by atoms with Crippen LogP contribution in [0.1, 0.15) is 20.8 Å². The Balaban J connectivity index is 2.68. The van der Waals surface area contributed by atoms with Gasteiger partial charge in [-0.3, -0.25) is 0 Å². The third kappa shape index (κ3) is 6.94. The average molecular weight is 287 g/mol. The van der Waals surface area contributed by atoms with E-state index >= 15 is 0 Å². The SMILES string of the molecule is C[CH2][Hg][CH2]C(C)C. The molecule has 0 fully saturated rings. The molecule has 0 bridgehead atoms. The molecule has 0 heterocycles. The van der Waals surface area contributed by atoms with Gasteiger partial charge in [-0.25, -0.2) is 0 Å². The first-order chi connectivity index (χ1) is 3.27. The van der Waals surface area contributed by atoms with Crippen LogP contribution in [0.3, 0.4) is 0 Å². The third-order valence-corrected chi connectivity index (χ3v) is 9.96. The van der Waals surface area contributed by atoms with E-state index < -0.39 is 0 Å². The molecule has 40 valence electrons. The van der Waals surface area contributed by atoms with Gasteiger partial charge in [0, 0.05) is 0 Å². The molecule has 0 amide bonds. The quantitative estimate of drug-likeness (QED) is 0.700. The Morgan fingerprint density at radius 2 is 2.00 bits per heavy atom. The van der Waals surface area contributed by atoms with Crippen molar-refractivity contribution in [2.75, 3.05) is 0 Å². The Morgan fingerprint density at radius 1 is 1.43 bits per heavy atom. The summed E-state index contributed by atoms with van der Waals surface area (Å²) in [5.74, 6) is 1.00. The van der Waals surface area contributed by atoms with Gasteiger partial charge in [0.25, 0.3) is 0 Å². The van der Waals surface area contributed by atoms with Gasteiger partial charge in [0.2, 0.25) is 0 Å². The Morgan fingerprint density at radius 3 is 2.14 bits per heavy atom. The van der Waals surface area contributed by atoms with Crippen molar-refractivity contribution in [2.24, 2.45) is 5.92 Å². The van der Waals surface area contributed by atoms with Crippen LogP contribution < -0.4 is 0 Å². The molecule has 0 aliphatic carbocycles. The summed E-state index contributed by atoms with van der Waals surface area (Å²) < 4.78 is 3.19. The van der Waals surface area contributed by atoms with Crippen molar-refractivity contribution in [1.29, 1.82) is 0 Å². The second kappa shape index (κ2) is 5.08. The fraction of sp³-hybridized carbons (Fsp3) is 1.00. The van der Waals surface area contributed by atoms with Crippen molar-refractivity contribution in [3.05, 3.63) is 0 Å². The van der Waals surface area contributed by atoms with Crippen LogP contribution in [0, 0.1) is 5.92 Å². The van der Waals surface area contributed by atoms with Crippen molar-refractivity contribution < 1.29 is 24.6 Å². The summed E-state index contributed by atoms with van der Waals surface area (Å²) in [4.78, 5) is 0. The average Bonchev–Trinajstić information content (AvgIpc) is 1.61. The molecule has 0 nitrogen and oxygen atoms in total. The van der Waals surface area contributed by atoms with Crippen LogP contribution in [-0.2, 0) is 24.6 Å². The molecule has 0 saturated carbocycles. The Kier molecular flexibility index (Phi) is 5.76. The molecule has 0 aliphatic heterocycles. The summed E-state index contributed by atoms with van der Waals surface area (Å²) in [6.45, 7) is 7.00. The zero-order chi connectivity index (χ0) is 5.70. The number of rotatable bonds is 3. The van der Waals surface area contributed by atoms with E-state index in [4.69, 9.17) is 0 Å². The summed E-state index contributed by atoms with van der Waals surface area (Å²) in [6.07, 6.45) is 0. The normalized spacial score (nSPS) is 9.14. The molecular formula is C6H14Hg. The molecule has 1 heteroatoms. The summed E-state index contributed by atoms with van der Waals surface area (Å²) in [6, 6.07) is 0. The van der Waals surface area contributed by atoms with E-state index in [1.54, 1.807) is 7.86 Å². The van der Waals surface area contributed by atoms with Gasteiger partial charge in [-0.15, -0.1) is 0 Å². The number of hydrogen-bond acceptors (Lipinski definition) is 0. The van der Waals surface area contributed by atoms with Gasteiger partial charge >= 0.3 is 59.1 Å². The molecule has 0 aromatic rings. The van der Waals surface area contributed by atoms with Crippen LogP contribution in [0.4, 0.5) is 0 Å². The molecule has 0 rings (SSSR count). The van der Waals surface area contributed by atoms with E-state index in [1.165, 1.54) is 0 Å². The fourth-order valence-corrected chi connectivity index (χ4v) is 5.37. The van der Waals surface area contributed by atoms with Crippen molar-refractivity contribution in [3.63, 3.8) is 0 Å².